The Hall–Kier alpha value is -3.11. The second kappa shape index (κ2) is 9.36. The van der Waals surface area contributed by atoms with Crippen molar-refractivity contribution in [3.63, 3.8) is 0 Å². The molecule has 1 aromatic heterocycles. The van der Waals surface area contributed by atoms with Crippen LogP contribution in [0.3, 0.4) is 0 Å². The predicted molar refractivity (Wildman–Crippen MR) is 119 cm³/mol. The highest BCUT2D eigenvalue weighted by atomic mass is 32.2. The topological polar surface area (TPSA) is 94.9 Å². The number of carbonyl (C=O) groups is 1. The molecule has 8 nitrogen and oxygen atoms in total. The molecule has 0 unspecified atom stereocenters. The van der Waals surface area contributed by atoms with Crippen LogP contribution in [-0.4, -0.2) is 39.7 Å². The number of hydrogen-bond donors (Lipinski definition) is 0. The number of ether oxygens (including phenoxy) is 2. The molecule has 3 rings (SSSR count). The normalized spacial score (nSPS) is 11.2. The molecule has 31 heavy (non-hydrogen) atoms. The van der Waals surface area contributed by atoms with E-state index in [0.29, 0.717) is 11.4 Å². The molecule has 0 spiro atoms. The highest BCUT2D eigenvalue weighted by molar-refractivity contribution is 7.92. The molecular weight excluding hydrogens is 440 g/mol. The van der Waals surface area contributed by atoms with Crippen LogP contribution in [0.4, 0.5) is 5.69 Å². The van der Waals surface area contributed by atoms with Gasteiger partial charge in [0, 0.05) is 18.1 Å². The van der Waals surface area contributed by atoms with Crippen LogP contribution < -0.4 is 13.9 Å². The zero-order valence-corrected chi connectivity index (χ0v) is 18.9. The van der Waals surface area contributed by atoms with E-state index in [9.17, 15) is 18.0 Å². The van der Waals surface area contributed by atoms with Gasteiger partial charge in [-0.05, 0) is 43.3 Å². The molecule has 0 saturated heterocycles. The van der Waals surface area contributed by atoms with Gasteiger partial charge in [-0.25, -0.2) is 13.2 Å². The number of aromatic nitrogens is 1. The fraction of sp³-hybridized carbons (Fsp3) is 0.238. The molecule has 0 aliphatic rings. The lowest BCUT2D eigenvalue weighted by molar-refractivity contribution is 0.0490. The van der Waals surface area contributed by atoms with E-state index >= 15 is 0 Å². The van der Waals surface area contributed by atoms with E-state index in [1.54, 1.807) is 36.6 Å². The summed E-state index contributed by atoms with van der Waals surface area (Å²) in [7, 11) is -0.957. The SMILES string of the molecule is COc1ccccc1N(C)S(=O)(=O)c1ccc(C(=O)OCCn2c(C)csc2=O)cc1. The lowest BCUT2D eigenvalue weighted by Crippen LogP contribution is -2.27. The number of aryl methyl sites for hydroxylation is 1. The zero-order valence-electron chi connectivity index (χ0n) is 17.3. The van der Waals surface area contributed by atoms with E-state index in [1.165, 1.54) is 43.0 Å². The third kappa shape index (κ3) is 4.80. The van der Waals surface area contributed by atoms with Crippen molar-refractivity contribution in [3.8, 4) is 5.75 Å². The van der Waals surface area contributed by atoms with E-state index in [2.05, 4.69) is 0 Å². The summed E-state index contributed by atoms with van der Waals surface area (Å²) >= 11 is 1.09. The van der Waals surface area contributed by atoms with Crippen molar-refractivity contribution < 1.29 is 22.7 Å². The highest BCUT2D eigenvalue weighted by Gasteiger charge is 2.24. The average molecular weight is 463 g/mol. The molecule has 0 saturated carbocycles. The molecule has 0 aliphatic carbocycles. The summed E-state index contributed by atoms with van der Waals surface area (Å²) in [6.45, 7) is 2.10. The quantitative estimate of drug-likeness (QED) is 0.478. The van der Waals surface area contributed by atoms with E-state index in [0.717, 1.165) is 21.3 Å². The molecule has 0 bridgehead atoms. The Labute approximate surface area is 184 Å². The number of hydrogen-bond acceptors (Lipinski definition) is 7. The molecule has 1 heterocycles. The van der Waals surface area contributed by atoms with Crippen molar-refractivity contribution in [2.75, 3.05) is 25.1 Å². The first-order valence-corrected chi connectivity index (χ1v) is 11.6. The third-order valence-corrected chi connectivity index (χ3v) is 7.36. The molecule has 0 aliphatic heterocycles. The van der Waals surface area contributed by atoms with Crippen molar-refractivity contribution in [3.05, 3.63) is 74.8 Å². The van der Waals surface area contributed by atoms with Gasteiger partial charge in [0.05, 0.1) is 29.8 Å². The first kappa shape index (κ1) is 22.6. The van der Waals surface area contributed by atoms with Crippen molar-refractivity contribution in [1.82, 2.24) is 4.57 Å². The predicted octanol–water partition coefficient (Wildman–Crippen LogP) is 2.91. The number of rotatable bonds is 8. The first-order chi connectivity index (χ1) is 14.8. The molecule has 0 N–H and O–H groups in total. The molecule has 0 atom stereocenters. The lowest BCUT2D eigenvalue weighted by atomic mass is 10.2. The molecule has 0 radical (unpaired) electrons. The Morgan fingerprint density at radius 2 is 1.81 bits per heavy atom. The summed E-state index contributed by atoms with van der Waals surface area (Å²) in [5, 5.41) is 1.74. The van der Waals surface area contributed by atoms with Crippen LogP contribution in [0.2, 0.25) is 0 Å². The van der Waals surface area contributed by atoms with Gasteiger partial charge in [0.15, 0.2) is 0 Å². The van der Waals surface area contributed by atoms with Gasteiger partial charge < -0.3 is 9.47 Å². The van der Waals surface area contributed by atoms with Crippen LogP contribution in [0, 0.1) is 6.92 Å². The Bertz CT molecular complexity index is 1230. The highest BCUT2D eigenvalue weighted by Crippen LogP contribution is 2.30. The van der Waals surface area contributed by atoms with Crippen LogP contribution in [0.5, 0.6) is 5.75 Å². The molecule has 2 aromatic carbocycles. The van der Waals surface area contributed by atoms with E-state index in [1.807, 2.05) is 0 Å². The van der Waals surface area contributed by atoms with Gasteiger partial charge in [0.25, 0.3) is 10.0 Å². The molecule has 3 aromatic rings. The minimum absolute atomic E-state index is 0.0258. The van der Waals surface area contributed by atoms with Crippen molar-refractivity contribution in [1.29, 1.82) is 0 Å². The Kier molecular flexibility index (Phi) is 6.81. The fourth-order valence-corrected chi connectivity index (χ4v) is 4.90. The smallest absolute Gasteiger partial charge is 0.338 e. The number of benzene rings is 2. The van der Waals surface area contributed by atoms with Gasteiger partial charge >= 0.3 is 10.8 Å². The molecule has 0 amide bonds. The summed E-state index contributed by atoms with van der Waals surface area (Å²) in [4.78, 5) is 23.9. The lowest BCUT2D eigenvalue weighted by Gasteiger charge is -2.21. The molecule has 164 valence electrons. The summed E-state index contributed by atoms with van der Waals surface area (Å²) < 4.78 is 39.1. The second-order valence-corrected chi connectivity index (χ2v) is 9.39. The standard InChI is InChI=1S/C21H22N2O6S2/c1-15-14-30-21(25)23(15)12-13-29-20(24)16-8-10-17(11-9-16)31(26,27)22(2)18-6-4-5-7-19(18)28-3/h4-11,14H,12-13H2,1-3H3. The van der Waals surface area contributed by atoms with Crippen LogP contribution >= 0.6 is 11.3 Å². The number of carbonyl (C=O) groups excluding carboxylic acids is 1. The first-order valence-electron chi connectivity index (χ1n) is 9.29. The molecular formula is C21H22N2O6S2. The third-order valence-electron chi connectivity index (χ3n) is 4.70. The number of methoxy groups -OCH3 is 1. The van der Waals surface area contributed by atoms with Gasteiger partial charge in [-0.1, -0.05) is 23.5 Å². The van der Waals surface area contributed by atoms with Crippen molar-refractivity contribution in [2.45, 2.75) is 18.4 Å². The van der Waals surface area contributed by atoms with Crippen molar-refractivity contribution in [2.24, 2.45) is 0 Å². The summed E-state index contributed by atoms with van der Waals surface area (Å²) in [6, 6.07) is 12.3. The largest absolute Gasteiger partial charge is 0.495 e. The minimum atomic E-state index is -3.86. The molecule has 0 fully saturated rings. The molecule has 10 heteroatoms. The van der Waals surface area contributed by atoms with E-state index in [4.69, 9.17) is 9.47 Å². The van der Waals surface area contributed by atoms with E-state index < -0.39 is 16.0 Å². The number of para-hydroxylation sites is 2. The van der Waals surface area contributed by atoms with E-state index in [-0.39, 0.29) is 28.5 Å². The van der Waals surface area contributed by atoms with Crippen LogP contribution in [-0.2, 0) is 21.3 Å². The number of anilines is 1. The van der Waals surface area contributed by atoms with Crippen LogP contribution in [0.1, 0.15) is 16.1 Å². The number of sulfonamides is 1. The monoisotopic (exact) mass is 462 g/mol. The van der Waals surface area contributed by atoms with Gasteiger partial charge in [0.1, 0.15) is 12.4 Å². The maximum Gasteiger partial charge on any atom is 0.338 e. The second-order valence-electron chi connectivity index (χ2n) is 6.60. The van der Waals surface area contributed by atoms with Crippen LogP contribution in [0.25, 0.3) is 0 Å². The van der Waals surface area contributed by atoms with Crippen LogP contribution in [0.15, 0.2) is 63.6 Å². The van der Waals surface area contributed by atoms with Crippen molar-refractivity contribution >= 4 is 33.0 Å². The summed E-state index contributed by atoms with van der Waals surface area (Å²) in [5.74, 6) is -0.170. The Balaban J connectivity index is 1.70. The number of thiazole rings is 1. The summed E-state index contributed by atoms with van der Waals surface area (Å²) in [5.41, 5.74) is 1.42. The number of nitrogens with zero attached hydrogens (tertiary/aromatic N) is 2. The average Bonchev–Trinajstić information content (AvgIpc) is 3.10. The van der Waals surface area contributed by atoms with Gasteiger partial charge in [0.2, 0.25) is 0 Å². The Morgan fingerprint density at radius 3 is 2.42 bits per heavy atom. The summed E-state index contributed by atoms with van der Waals surface area (Å²) in [6.07, 6.45) is 0. The Morgan fingerprint density at radius 1 is 1.13 bits per heavy atom. The van der Waals surface area contributed by atoms with Gasteiger partial charge in [-0.3, -0.25) is 13.7 Å². The zero-order chi connectivity index (χ0) is 22.6. The van der Waals surface area contributed by atoms with Gasteiger partial charge in [-0.2, -0.15) is 0 Å². The minimum Gasteiger partial charge on any atom is -0.495 e. The maximum absolute atomic E-state index is 13.0. The maximum atomic E-state index is 13.0. The fourth-order valence-electron chi connectivity index (χ4n) is 2.93. The number of esters is 1. The van der Waals surface area contributed by atoms with Gasteiger partial charge in [-0.15, -0.1) is 0 Å².